The Morgan fingerprint density at radius 3 is 3.07 bits per heavy atom. The quantitative estimate of drug-likeness (QED) is 0.789. The lowest BCUT2D eigenvalue weighted by Crippen LogP contribution is -1.86. The van der Waals surface area contributed by atoms with Crippen molar-refractivity contribution in [1.82, 2.24) is 4.98 Å². The topological polar surface area (TPSA) is 12.9 Å². The van der Waals surface area contributed by atoms with Gasteiger partial charge in [0.1, 0.15) is 0 Å². The average molecular weight is 223 g/mol. The third-order valence-corrected chi connectivity index (χ3v) is 3.70. The standard InChI is InChI=1S/C11H13NS2/c1-8-12-10-4-3-9(5-6-13-2)7-11(10)14-8/h3-4,7H,5-6H2,1-2H3. The van der Waals surface area contributed by atoms with Crippen molar-refractivity contribution in [1.29, 1.82) is 0 Å². The molecule has 2 aromatic rings. The van der Waals surface area contributed by atoms with Gasteiger partial charge in [0.25, 0.3) is 0 Å². The highest BCUT2D eigenvalue weighted by Crippen LogP contribution is 2.23. The molecular weight excluding hydrogens is 210 g/mol. The molecule has 1 heterocycles. The number of thiazole rings is 1. The first kappa shape index (κ1) is 9.99. The lowest BCUT2D eigenvalue weighted by atomic mass is 10.2. The third kappa shape index (κ3) is 2.10. The molecule has 0 saturated carbocycles. The Balaban J connectivity index is 2.31. The molecule has 74 valence electrons. The number of aromatic nitrogens is 1. The second-order valence-electron chi connectivity index (χ2n) is 3.28. The van der Waals surface area contributed by atoms with Gasteiger partial charge in [-0.3, -0.25) is 0 Å². The summed E-state index contributed by atoms with van der Waals surface area (Å²) in [7, 11) is 0. The number of hydrogen-bond acceptors (Lipinski definition) is 3. The smallest absolute Gasteiger partial charge is 0.0907 e. The van der Waals surface area contributed by atoms with Gasteiger partial charge < -0.3 is 0 Å². The van der Waals surface area contributed by atoms with Crippen LogP contribution in [-0.4, -0.2) is 17.0 Å². The maximum absolute atomic E-state index is 4.45. The molecule has 0 aliphatic rings. The maximum Gasteiger partial charge on any atom is 0.0907 e. The molecule has 1 aromatic carbocycles. The molecule has 0 unspecified atom stereocenters. The molecule has 0 aliphatic heterocycles. The number of aryl methyl sites for hydroxylation is 2. The Hall–Kier alpha value is -0.540. The number of benzene rings is 1. The van der Waals surface area contributed by atoms with E-state index in [1.165, 1.54) is 16.0 Å². The fourth-order valence-electron chi connectivity index (χ4n) is 1.46. The van der Waals surface area contributed by atoms with Crippen molar-refractivity contribution in [3.63, 3.8) is 0 Å². The number of rotatable bonds is 3. The van der Waals surface area contributed by atoms with Crippen LogP contribution >= 0.6 is 23.1 Å². The molecule has 0 radical (unpaired) electrons. The number of hydrogen-bond donors (Lipinski definition) is 0. The van der Waals surface area contributed by atoms with Crippen LogP contribution in [0.2, 0.25) is 0 Å². The van der Waals surface area contributed by atoms with E-state index < -0.39 is 0 Å². The molecule has 0 aliphatic carbocycles. The van der Waals surface area contributed by atoms with Crippen LogP contribution in [0.3, 0.4) is 0 Å². The van der Waals surface area contributed by atoms with Gasteiger partial charge in [0.15, 0.2) is 0 Å². The Morgan fingerprint density at radius 1 is 1.43 bits per heavy atom. The molecule has 1 nitrogen and oxygen atoms in total. The Labute approximate surface area is 92.6 Å². The highest BCUT2D eigenvalue weighted by atomic mass is 32.2. The largest absolute Gasteiger partial charge is 0.242 e. The summed E-state index contributed by atoms with van der Waals surface area (Å²) in [6.45, 7) is 2.06. The first-order valence-corrected chi connectivity index (χ1v) is 6.85. The van der Waals surface area contributed by atoms with E-state index in [1.807, 2.05) is 11.8 Å². The predicted octanol–water partition coefficient (Wildman–Crippen LogP) is 3.51. The Bertz CT molecular complexity index is 434. The van der Waals surface area contributed by atoms with Crippen molar-refractivity contribution in [2.75, 3.05) is 12.0 Å². The van der Waals surface area contributed by atoms with E-state index >= 15 is 0 Å². The van der Waals surface area contributed by atoms with Crippen LogP contribution in [0, 0.1) is 6.92 Å². The zero-order chi connectivity index (χ0) is 9.97. The normalized spacial score (nSPS) is 11.0. The molecule has 0 atom stereocenters. The minimum absolute atomic E-state index is 1.14. The summed E-state index contributed by atoms with van der Waals surface area (Å²) in [5.41, 5.74) is 2.57. The summed E-state index contributed by atoms with van der Waals surface area (Å²) in [6.07, 6.45) is 3.31. The second kappa shape index (κ2) is 4.32. The summed E-state index contributed by atoms with van der Waals surface area (Å²) < 4.78 is 1.32. The molecule has 2 rings (SSSR count). The fraction of sp³-hybridized carbons (Fsp3) is 0.364. The molecule has 0 amide bonds. The molecule has 3 heteroatoms. The minimum Gasteiger partial charge on any atom is -0.242 e. The lowest BCUT2D eigenvalue weighted by Gasteiger charge is -1.98. The minimum atomic E-state index is 1.14. The maximum atomic E-state index is 4.45. The van der Waals surface area contributed by atoms with E-state index in [-0.39, 0.29) is 0 Å². The van der Waals surface area contributed by atoms with Crippen molar-refractivity contribution < 1.29 is 0 Å². The van der Waals surface area contributed by atoms with Gasteiger partial charge in [-0.05, 0) is 43.0 Å². The van der Waals surface area contributed by atoms with Gasteiger partial charge in [0, 0.05) is 0 Å². The van der Waals surface area contributed by atoms with E-state index in [0.717, 1.165) is 16.9 Å². The van der Waals surface area contributed by atoms with Gasteiger partial charge in [0.2, 0.25) is 0 Å². The van der Waals surface area contributed by atoms with Crippen molar-refractivity contribution in [3.05, 3.63) is 28.8 Å². The summed E-state index contributed by atoms with van der Waals surface area (Å²) in [4.78, 5) is 4.45. The van der Waals surface area contributed by atoms with Crippen LogP contribution in [0.25, 0.3) is 10.2 Å². The fourth-order valence-corrected chi connectivity index (χ4v) is 2.79. The summed E-state index contributed by atoms with van der Waals surface area (Å²) in [6, 6.07) is 6.60. The molecule has 0 spiro atoms. The van der Waals surface area contributed by atoms with Gasteiger partial charge in [-0.2, -0.15) is 11.8 Å². The SMILES string of the molecule is CSCCc1ccc2nc(C)sc2c1. The molecule has 0 saturated heterocycles. The van der Waals surface area contributed by atoms with Gasteiger partial charge >= 0.3 is 0 Å². The third-order valence-electron chi connectivity index (χ3n) is 2.15. The molecule has 1 aromatic heterocycles. The monoisotopic (exact) mass is 223 g/mol. The number of thioether (sulfide) groups is 1. The van der Waals surface area contributed by atoms with Crippen LogP contribution in [0.1, 0.15) is 10.6 Å². The molecule has 14 heavy (non-hydrogen) atoms. The summed E-state index contributed by atoms with van der Waals surface area (Å²) in [5, 5.41) is 1.15. The predicted molar refractivity (Wildman–Crippen MR) is 66.4 cm³/mol. The summed E-state index contributed by atoms with van der Waals surface area (Å²) >= 11 is 3.68. The molecule has 0 N–H and O–H groups in total. The average Bonchev–Trinajstić information content (AvgIpc) is 2.54. The van der Waals surface area contributed by atoms with Crippen LogP contribution in [-0.2, 0) is 6.42 Å². The van der Waals surface area contributed by atoms with Gasteiger partial charge in [0.05, 0.1) is 15.2 Å². The van der Waals surface area contributed by atoms with Crippen LogP contribution in [0.4, 0.5) is 0 Å². The van der Waals surface area contributed by atoms with Crippen molar-refractivity contribution >= 4 is 33.3 Å². The number of fused-ring (bicyclic) bond motifs is 1. The van der Waals surface area contributed by atoms with Crippen LogP contribution in [0.5, 0.6) is 0 Å². The van der Waals surface area contributed by atoms with Crippen molar-refractivity contribution in [2.45, 2.75) is 13.3 Å². The van der Waals surface area contributed by atoms with Crippen LogP contribution < -0.4 is 0 Å². The first-order valence-electron chi connectivity index (χ1n) is 4.64. The second-order valence-corrected chi connectivity index (χ2v) is 5.50. The van der Waals surface area contributed by atoms with E-state index in [1.54, 1.807) is 11.3 Å². The molecule has 0 bridgehead atoms. The number of nitrogens with zero attached hydrogens (tertiary/aromatic N) is 1. The first-order chi connectivity index (χ1) is 6.79. The molecule has 0 fully saturated rings. The van der Waals surface area contributed by atoms with Gasteiger partial charge in [-0.15, -0.1) is 11.3 Å². The van der Waals surface area contributed by atoms with E-state index in [2.05, 4.69) is 36.4 Å². The van der Waals surface area contributed by atoms with Crippen LogP contribution in [0.15, 0.2) is 18.2 Å². The van der Waals surface area contributed by atoms with E-state index in [0.29, 0.717) is 0 Å². The summed E-state index contributed by atoms with van der Waals surface area (Å²) in [5.74, 6) is 1.20. The van der Waals surface area contributed by atoms with Gasteiger partial charge in [-0.1, -0.05) is 6.07 Å². The zero-order valence-electron chi connectivity index (χ0n) is 8.41. The molecular formula is C11H13NS2. The highest BCUT2D eigenvalue weighted by Gasteiger charge is 2.01. The zero-order valence-corrected chi connectivity index (χ0v) is 10.0. The lowest BCUT2D eigenvalue weighted by molar-refractivity contribution is 1.17. The Kier molecular flexibility index (Phi) is 3.08. The van der Waals surface area contributed by atoms with Crippen molar-refractivity contribution in [3.8, 4) is 0 Å². The van der Waals surface area contributed by atoms with E-state index in [4.69, 9.17) is 0 Å². The van der Waals surface area contributed by atoms with Gasteiger partial charge in [-0.25, -0.2) is 4.98 Å². The Morgan fingerprint density at radius 2 is 2.29 bits per heavy atom. The van der Waals surface area contributed by atoms with Crippen molar-refractivity contribution in [2.24, 2.45) is 0 Å². The van der Waals surface area contributed by atoms with E-state index in [9.17, 15) is 0 Å². The highest BCUT2D eigenvalue weighted by molar-refractivity contribution is 7.98.